The van der Waals surface area contributed by atoms with Gasteiger partial charge in [0.05, 0.1) is 10.6 Å². The lowest BCUT2D eigenvalue weighted by molar-refractivity contribution is 0.797. The third-order valence-electron chi connectivity index (χ3n) is 3.22. The molecule has 1 unspecified atom stereocenters. The second-order valence-corrected chi connectivity index (χ2v) is 6.49. The zero-order valence-electron chi connectivity index (χ0n) is 11.6. The number of thiazole rings is 1. The van der Waals surface area contributed by atoms with Gasteiger partial charge in [-0.3, -0.25) is 0 Å². The van der Waals surface area contributed by atoms with Crippen molar-refractivity contribution in [3.8, 4) is 11.1 Å². The maximum Gasteiger partial charge on any atom is 0.147 e. The van der Waals surface area contributed by atoms with Crippen molar-refractivity contribution in [2.24, 2.45) is 0 Å². The summed E-state index contributed by atoms with van der Waals surface area (Å²) >= 11 is 3.09. The average molecular weight is 316 g/mol. The molecule has 3 rings (SSSR count). The molecular formula is C15H16N4S2. The van der Waals surface area contributed by atoms with Gasteiger partial charge in [-0.15, -0.1) is 11.3 Å². The van der Waals surface area contributed by atoms with Crippen molar-refractivity contribution in [1.82, 2.24) is 9.36 Å². The van der Waals surface area contributed by atoms with E-state index in [4.69, 9.17) is 5.73 Å². The second kappa shape index (κ2) is 6.24. The van der Waals surface area contributed by atoms with Crippen molar-refractivity contribution in [1.29, 1.82) is 0 Å². The third-order valence-corrected chi connectivity index (χ3v) is 5.05. The van der Waals surface area contributed by atoms with Crippen LogP contribution in [0.15, 0.2) is 41.9 Å². The van der Waals surface area contributed by atoms with Gasteiger partial charge in [0.25, 0.3) is 0 Å². The number of nitrogens with one attached hydrogen (secondary N) is 1. The van der Waals surface area contributed by atoms with E-state index in [1.54, 1.807) is 11.3 Å². The Labute approximate surface area is 131 Å². The first kappa shape index (κ1) is 14.0. The van der Waals surface area contributed by atoms with Crippen molar-refractivity contribution in [3.63, 3.8) is 0 Å². The summed E-state index contributed by atoms with van der Waals surface area (Å²) in [5.74, 6) is 0.938. The van der Waals surface area contributed by atoms with Gasteiger partial charge >= 0.3 is 0 Å². The van der Waals surface area contributed by atoms with Gasteiger partial charge in [-0.05, 0) is 17.1 Å². The summed E-state index contributed by atoms with van der Waals surface area (Å²) in [5.41, 5.74) is 8.11. The molecule has 1 atom stereocenters. The molecule has 0 spiro atoms. The van der Waals surface area contributed by atoms with E-state index < -0.39 is 0 Å². The minimum Gasteiger partial charge on any atom is -0.382 e. The monoisotopic (exact) mass is 316 g/mol. The minimum absolute atomic E-state index is 0.358. The maximum absolute atomic E-state index is 6.02. The van der Waals surface area contributed by atoms with Gasteiger partial charge in [0.2, 0.25) is 0 Å². The van der Waals surface area contributed by atoms with Crippen LogP contribution in [0.3, 0.4) is 0 Å². The summed E-state index contributed by atoms with van der Waals surface area (Å²) in [7, 11) is 0. The molecule has 3 N–H and O–H groups in total. The van der Waals surface area contributed by atoms with E-state index >= 15 is 0 Å². The van der Waals surface area contributed by atoms with E-state index in [0.29, 0.717) is 11.7 Å². The number of hydrogen-bond acceptors (Lipinski definition) is 6. The van der Waals surface area contributed by atoms with Crippen molar-refractivity contribution < 1.29 is 0 Å². The topological polar surface area (TPSA) is 63.8 Å². The van der Waals surface area contributed by atoms with Crippen LogP contribution in [0.2, 0.25) is 0 Å². The zero-order valence-corrected chi connectivity index (χ0v) is 13.2. The number of nitrogens with zero attached hydrogens (tertiary/aromatic N) is 2. The van der Waals surface area contributed by atoms with Gasteiger partial charge in [-0.25, -0.2) is 4.98 Å². The highest BCUT2D eigenvalue weighted by atomic mass is 32.1. The van der Waals surface area contributed by atoms with Crippen LogP contribution in [0.1, 0.15) is 17.8 Å². The second-order valence-electron chi connectivity index (χ2n) is 4.79. The molecule has 0 bridgehead atoms. The first-order valence-electron chi connectivity index (χ1n) is 6.69. The Hall–Kier alpha value is -1.92. The molecule has 1 aromatic carbocycles. The van der Waals surface area contributed by atoms with Gasteiger partial charge < -0.3 is 11.1 Å². The van der Waals surface area contributed by atoms with Crippen molar-refractivity contribution in [2.45, 2.75) is 12.8 Å². The Kier molecular flexibility index (Phi) is 4.17. The standard InChI is InChI=1S/C15H16N4S2/c1-10(14-17-7-8-20-14)9-18-15-12(13(16)19-21-15)11-5-3-2-4-6-11/h2-8,10,18H,9H2,1H3,(H2,16,19). The smallest absolute Gasteiger partial charge is 0.147 e. The van der Waals surface area contributed by atoms with Crippen LogP contribution in [0.5, 0.6) is 0 Å². The summed E-state index contributed by atoms with van der Waals surface area (Å²) in [5, 5.41) is 7.63. The van der Waals surface area contributed by atoms with Gasteiger partial charge in [0, 0.05) is 24.0 Å². The fraction of sp³-hybridized carbons (Fsp3) is 0.200. The SMILES string of the molecule is CC(CNc1snc(N)c1-c1ccccc1)c1nccs1. The van der Waals surface area contributed by atoms with Crippen LogP contribution in [0.25, 0.3) is 11.1 Å². The fourth-order valence-corrected chi connectivity index (χ4v) is 3.56. The van der Waals surface area contributed by atoms with Crippen LogP contribution in [-0.4, -0.2) is 15.9 Å². The molecule has 4 nitrogen and oxygen atoms in total. The van der Waals surface area contributed by atoms with Crippen molar-refractivity contribution >= 4 is 33.7 Å². The third kappa shape index (κ3) is 3.06. The maximum atomic E-state index is 6.02. The Morgan fingerprint density at radius 1 is 1.29 bits per heavy atom. The molecule has 6 heteroatoms. The Bertz CT molecular complexity index is 692. The molecule has 0 aliphatic heterocycles. The summed E-state index contributed by atoms with van der Waals surface area (Å²) in [6.07, 6.45) is 1.84. The molecule has 2 aromatic heterocycles. The quantitative estimate of drug-likeness (QED) is 0.745. The van der Waals surface area contributed by atoms with E-state index in [9.17, 15) is 0 Å². The number of aromatic nitrogens is 2. The molecule has 0 amide bonds. The van der Waals surface area contributed by atoms with E-state index in [1.807, 2.05) is 29.8 Å². The van der Waals surface area contributed by atoms with Gasteiger partial charge in [-0.1, -0.05) is 37.3 Å². The molecule has 108 valence electrons. The van der Waals surface area contributed by atoms with Crippen LogP contribution in [0, 0.1) is 0 Å². The zero-order chi connectivity index (χ0) is 14.7. The van der Waals surface area contributed by atoms with Crippen molar-refractivity contribution in [2.75, 3.05) is 17.6 Å². The molecule has 0 saturated heterocycles. The predicted molar refractivity (Wildman–Crippen MR) is 91.0 cm³/mol. The normalized spacial score (nSPS) is 12.2. The molecule has 0 aliphatic carbocycles. The van der Waals surface area contributed by atoms with Gasteiger partial charge in [-0.2, -0.15) is 4.37 Å². The van der Waals surface area contributed by atoms with E-state index in [-0.39, 0.29) is 0 Å². The molecule has 21 heavy (non-hydrogen) atoms. The molecule has 0 fully saturated rings. The highest BCUT2D eigenvalue weighted by Gasteiger charge is 2.15. The van der Waals surface area contributed by atoms with Crippen LogP contribution in [-0.2, 0) is 0 Å². The van der Waals surface area contributed by atoms with E-state index in [0.717, 1.165) is 27.7 Å². The first-order valence-corrected chi connectivity index (χ1v) is 8.35. The Morgan fingerprint density at radius 3 is 2.81 bits per heavy atom. The van der Waals surface area contributed by atoms with Crippen molar-refractivity contribution in [3.05, 3.63) is 46.9 Å². The first-order chi connectivity index (χ1) is 10.3. The fourth-order valence-electron chi connectivity index (χ4n) is 2.12. The van der Waals surface area contributed by atoms with Gasteiger partial charge in [0.15, 0.2) is 0 Å². The predicted octanol–water partition coefficient (Wildman–Crippen LogP) is 4.06. The largest absolute Gasteiger partial charge is 0.382 e. The highest BCUT2D eigenvalue weighted by molar-refractivity contribution is 7.11. The Morgan fingerprint density at radius 2 is 2.10 bits per heavy atom. The number of nitrogen functional groups attached to an aromatic ring is 1. The molecule has 0 aliphatic rings. The van der Waals surface area contributed by atoms with Crippen LogP contribution < -0.4 is 11.1 Å². The molecule has 0 saturated carbocycles. The molecule has 2 heterocycles. The van der Waals surface area contributed by atoms with E-state index in [1.165, 1.54) is 11.5 Å². The summed E-state index contributed by atoms with van der Waals surface area (Å²) < 4.78 is 4.28. The summed E-state index contributed by atoms with van der Waals surface area (Å²) in [4.78, 5) is 4.36. The number of nitrogens with two attached hydrogens (primary N) is 1. The molecule has 3 aromatic rings. The number of rotatable bonds is 5. The number of hydrogen-bond donors (Lipinski definition) is 2. The lowest BCUT2D eigenvalue weighted by Crippen LogP contribution is -2.09. The van der Waals surface area contributed by atoms with Crippen LogP contribution >= 0.6 is 22.9 Å². The molecule has 0 radical (unpaired) electrons. The average Bonchev–Trinajstić information content (AvgIpc) is 3.15. The number of benzene rings is 1. The Balaban J connectivity index is 1.78. The highest BCUT2D eigenvalue weighted by Crippen LogP contribution is 2.36. The lowest BCUT2D eigenvalue weighted by atomic mass is 10.1. The molecular weight excluding hydrogens is 300 g/mol. The van der Waals surface area contributed by atoms with Gasteiger partial charge in [0.1, 0.15) is 10.8 Å². The lowest BCUT2D eigenvalue weighted by Gasteiger charge is -2.11. The summed E-state index contributed by atoms with van der Waals surface area (Å²) in [6.45, 7) is 2.98. The minimum atomic E-state index is 0.358. The van der Waals surface area contributed by atoms with Crippen LogP contribution in [0.4, 0.5) is 10.8 Å². The number of anilines is 2. The summed E-state index contributed by atoms with van der Waals surface area (Å²) in [6, 6.07) is 10.1. The van der Waals surface area contributed by atoms with E-state index in [2.05, 4.69) is 33.7 Å².